The highest BCUT2D eigenvalue weighted by Crippen LogP contribution is 2.38. The normalized spacial score (nSPS) is 27.4. The van der Waals surface area contributed by atoms with Crippen molar-refractivity contribution >= 4 is 5.96 Å². The van der Waals surface area contributed by atoms with Crippen LogP contribution in [0.4, 0.5) is 4.39 Å². The molecule has 0 spiro atoms. The number of nitrogens with two attached hydrogens (primary N) is 1. The third-order valence-electron chi connectivity index (χ3n) is 4.03. The van der Waals surface area contributed by atoms with E-state index in [9.17, 15) is 4.39 Å². The van der Waals surface area contributed by atoms with Crippen LogP contribution in [0.15, 0.2) is 29.3 Å². The standard InChI is InChI=1S/C14H18FN3/c1-14(11-4-6-12(15)7-5-11)9-17-13(16)18(14)8-10-2-3-10/h4-7,10H,2-3,8-9H2,1H3,(H2,16,17). The molecule has 0 amide bonds. The Morgan fingerprint density at radius 2 is 2.06 bits per heavy atom. The molecule has 0 radical (unpaired) electrons. The Hall–Kier alpha value is -1.58. The van der Waals surface area contributed by atoms with Crippen LogP contribution in [0.3, 0.4) is 0 Å². The molecule has 3 nitrogen and oxygen atoms in total. The van der Waals surface area contributed by atoms with E-state index in [2.05, 4.69) is 16.8 Å². The largest absolute Gasteiger partial charge is 0.370 e. The first-order chi connectivity index (χ1) is 8.59. The number of halogens is 1. The van der Waals surface area contributed by atoms with Crippen LogP contribution < -0.4 is 5.73 Å². The van der Waals surface area contributed by atoms with Crippen LogP contribution in [0.1, 0.15) is 25.3 Å². The Balaban J connectivity index is 1.89. The summed E-state index contributed by atoms with van der Waals surface area (Å²) in [6.45, 7) is 3.74. The van der Waals surface area contributed by atoms with Crippen LogP contribution in [-0.2, 0) is 5.54 Å². The molecule has 1 heterocycles. The lowest BCUT2D eigenvalue weighted by atomic mass is 9.91. The Morgan fingerprint density at radius 1 is 1.39 bits per heavy atom. The zero-order valence-electron chi connectivity index (χ0n) is 10.6. The van der Waals surface area contributed by atoms with Crippen molar-refractivity contribution in [2.45, 2.75) is 25.3 Å². The molecule has 18 heavy (non-hydrogen) atoms. The summed E-state index contributed by atoms with van der Waals surface area (Å²) in [5.41, 5.74) is 6.86. The first-order valence-corrected chi connectivity index (χ1v) is 6.43. The van der Waals surface area contributed by atoms with Crippen molar-refractivity contribution in [1.29, 1.82) is 0 Å². The number of nitrogens with zero attached hydrogens (tertiary/aromatic N) is 2. The molecule has 2 aliphatic rings. The lowest BCUT2D eigenvalue weighted by Crippen LogP contribution is -2.48. The predicted molar refractivity (Wildman–Crippen MR) is 69.7 cm³/mol. The lowest BCUT2D eigenvalue weighted by Gasteiger charge is -2.36. The van der Waals surface area contributed by atoms with Crippen molar-refractivity contribution in [3.05, 3.63) is 35.6 Å². The molecule has 1 atom stereocenters. The number of hydrogen-bond acceptors (Lipinski definition) is 3. The van der Waals surface area contributed by atoms with E-state index in [1.165, 1.54) is 25.0 Å². The van der Waals surface area contributed by atoms with Crippen LogP contribution in [0.25, 0.3) is 0 Å². The van der Waals surface area contributed by atoms with Gasteiger partial charge in [0.2, 0.25) is 0 Å². The fourth-order valence-electron chi connectivity index (χ4n) is 2.57. The fraction of sp³-hybridized carbons (Fsp3) is 0.500. The Kier molecular flexibility index (Phi) is 2.54. The van der Waals surface area contributed by atoms with Gasteiger partial charge in [-0.05, 0) is 43.4 Å². The molecule has 96 valence electrons. The van der Waals surface area contributed by atoms with Crippen molar-refractivity contribution < 1.29 is 4.39 Å². The van der Waals surface area contributed by atoms with Gasteiger partial charge in [-0.15, -0.1) is 0 Å². The first-order valence-electron chi connectivity index (χ1n) is 6.43. The van der Waals surface area contributed by atoms with Gasteiger partial charge in [0.05, 0.1) is 12.1 Å². The number of hydrogen-bond donors (Lipinski definition) is 1. The van der Waals surface area contributed by atoms with Crippen LogP contribution in [0.5, 0.6) is 0 Å². The van der Waals surface area contributed by atoms with E-state index in [1.807, 2.05) is 12.1 Å². The molecular weight excluding hydrogens is 229 g/mol. The monoisotopic (exact) mass is 247 g/mol. The fourth-order valence-corrected chi connectivity index (χ4v) is 2.57. The van der Waals surface area contributed by atoms with Gasteiger partial charge < -0.3 is 10.6 Å². The van der Waals surface area contributed by atoms with E-state index in [1.54, 1.807) is 0 Å². The minimum atomic E-state index is -0.222. The van der Waals surface area contributed by atoms with Crippen molar-refractivity contribution in [3.8, 4) is 0 Å². The van der Waals surface area contributed by atoms with Gasteiger partial charge in [0.15, 0.2) is 5.96 Å². The first kappa shape index (κ1) is 11.5. The second-order valence-corrected chi connectivity index (χ2v) is 5.51. The van der Waals surface area contributed by atoms with Crippen molar-refractivity contribution in [2.75, 3.05) is 13.1 Å². The van der Waals surface area contributed by atoms with Crippen molar-refractivity contribution in [2.24, 2.45) is 16.6 Å². The van der Waals surface area contributed by atoms with E-state index in [0.717, 1.165) is 18.0 Å². The minimum absolute atomic E-state index is 0.206. The summed E-state index contributed by atoms with van der Waals surface area (Å²) in [7, 11) is 0. The second-order valence-electron chi connectivity index (χ2n) is 5.51. The molecule has 1 aliphatic carbocycles. The van der Waals surface area contributed by atoms with Gasteiger partial charge in [-0.25, -0.2) is 4.39 Å². The zero-order chi connectivity index (χ0) is 12.8. The summed E-state index contributed by atoms with van der Waals surface area (Å²) in [4.78, 5) is 6.56. The summed E-state index contributed by atoms with van der Waals surface area (Å²) in [5.74, 6) is 1.16. The maximum atomic E-state index is 13.0. The van der Waals surface area contributed by atoms with Crippen LogP contribution in [0, 0.1) is 11.7 Å². The summed E-state index contributed by atoms with van der Waals surface area (Å²) in [6.07, 6.45) is 2.56. The Morgan fingerprint density at radius 3 is 2.67 bits per heavy atom. The van der Waals surface area contributed by atoms with E-state index in [0.29, 0.717) is 12.5 Å². The summed E-state index contributed by atoms with van der Waals surface area (Å²) >= 11 is 0. The van der Waals surface area contributed by atoms with Crippen LogP contribution in [0.2, 0.25) is 0 Å². The number of benzene rings is 1. The summed E-state index contributed by atoms with van der Waals surface area (Å²) in [6, 6.07) is 6.68. The number of rotatable bonds is 3. The van der Waals surface area contributed by atoms with Gasteiger partial charge in [-0.3, -0.25) is 4.99 Å². The SMILES string of the molecule is CC1(c2ccc(F)cc2)CN=C(N)N1CC1CC1. The molecule has 1 aromatic carbocycles. The molecule has 2 N–H and O–H groups in total. The molecule has 3 rings (SSSR count). The topological polar surface area (TPSA) is 41.6 Å². The van der Waals surface area contributed by atoms with E-state index in [4.69, 9.17) is 5.73 Å². The average Bonchev–Trinajstić information content (AvgIpc) is 3.12. The lowest BCUT2D eigenvalue weighted by molar-refractivity contribution is 0.217. The molecular formula is C14H18FN3. The Labute approximate surface area is 106 Å². The molecule has 1 fully saturated rings. The number of guanidine groups is 1. The molecule has 0 bridgehead atoms. The number of aliphatic imine (C=N–C) groups is 1. The van der Waals surface area contributed by atoms with E-state index >= 15 is 0 Å². The molecule has 4 heteroatoms. The zero-order valence-corrected chi connectivity index (χ0v) is 10.6. The van der Waals surface area contributed by atoms with E-state index < -0.39 is 0 Å². The smallest absolute Gasteiger partial charge is 0.192 e. The maximum Gasteiger partial charge on any atom is 0.192 e. The molecule has 1 aromatic rings. The molecule has 0 saturated heterocycles. The van der Waals surface area contributed by atoms with Gasteiger partial charge in [-0.1, -0.05) is 12.1 Å². The quantitative estimate of drug-likeness (QED) is 0.888. The minimum Gasteiger partial charge on any atom is -0.370 e. The van der Waals surface area contributed by atoms with Gasteiger partial charge in [-0.2, -0.15) is 0 Å². The third kappa shape index (κ3) is 1.85. The Bertz CT molecular complexity index is 478. The maximum absolute atomic E-state index is 13.0. The van der Waals surface area contributed by atoms with Crippen molar-refractivity contribution in [1.82, 2.24) is 4.90 Å². The molecule has 1 aliphatic heterocycles. The average molecular weight is 247 g/mol. The highest BCUT2D eigenvalue weighted by atomic mass is 19.1. The van der Waals surface area contributed by atoms with Gasteiger partial charge in [0, 0.05) is 6.54 Å². The molecule has 1 unspecified atom stereocenters. The highest BCUT2D eigenvalue weighted by Gasteiger charge is 2.41. The molecule has 1 saturated carbocycles. The third-order valence-corrected chi connectivity index (χ3v) is 4.03. The van der Waals surface area contributed by atoms with Crippen molar-refractivity contribution in [3.63, 3.8) is 0 Å². The van der Waals surface area contributed by atoms with E-state index in [-0.39, 0.29) is 11.4 Å². The predicted octanol–water partition coefficient (Wildman–Crippen LogP) is 2.08. The second kappa shape index (κ2) is 3.97. The van der Waals surface area contributed by atoms with Crippen LogP contribution >= 0.6 is 0 Å². The van der Waals surface area contributed by atoms with Gasteiger partial charge >= 0.3 is 0 Å². The highest BCUT2D eigenvalue weighted by molar-refractivity contribution is 5.81. The summed E-state index contributed by atoms with van der Waals surface area (Å²) in [5, 5.41) is 0. The van der Waals surface area contributed by atoms with Crippen LogP contribution in [-0.4, -0.2) is 23.9 Å². The molecule has 0 aromatic heterocycles. The van der Waals surface area contributed by atoms with Gasteiger partial charge in [0.25, 0.3) is 0 Å². The van der Waals surface area contributed by atoms with Gasteiger partial charge in [0.1, 0.15) is 5.82 Å². The summed E-state index contributed by atoms with van der Waals surface area (Å²) < 4.78 is 13.0.